The molecule has 0 saturated heterocycles. The van der Waals surface area contributed by atoms with Crippen LogP contribution in [0, 0.1) is 0 Å². The van der Waals surface area contributed by atoms with Crippen molar-refractivity contribution in [2.75, 3.05) is 7.11 Å². The van der Waals surface area contributed by atoms with E-state index in [1.165, 1.54) is 0 Å². The van der Waals surface area contributed by atoms with Gasteiger partial charge in [-0.25, -0.2) is 4.98 Å². The SMILES string of the molecule is COC1(c2nc(C(F)(F)F)c(CNC(C)(C)C)s2)CCC1. The molecule has 21 heavy (non-hydrogen) atoms. The Morgan fingerprint density at radius 3 is 2.29 bits per heavy atom. The molecule has 0 aliphatic heterocycles. The topological polar surface area (TPSA) is 34.1 Å². The molecule has 1 saturated carbocycles. The van der Waals surface area contributed by atoms with Crippen LogP contribution in [0.1, 0.15) is 55.6 Å². The summed E-state index contributed by atoms with van der Waals surface area (Å²) < 4.78 is 45.0. The van der Waals surface area contributed by atoms with Gasteiger partial charge in [0, 0.05) is 19.2 Å². The second-order valence-electron chi connectivity index (χ2n) is 6.44. The van der Waals surface area contributed by atoms with Gasteiger partial charge in [-0.05, 0) is 40.0 Å². The smallest absolute Gasteiger partial charge is 0.371 e. The fourth-order valence-electron chi connectivity index (χ4n) is 2.24. The minimum Gasteiger partial charge on any atom is -0.371 e. The lowest BCUT2D eigenvalue weighted by molar-refractivity contribution is -0.142. The molecule has 0 atom stereocenters. The molecular weight excluding hydrogens is 301 g/mol. The third-order valence-electron chi connectivity index (χ3n) is 3.69. The molecule has 2 rings (SSSR count). The lowest BCUT2D eigenvalue weighted by Gasteiger charge is -2.38. The van der Waals surface area contributed by atoms with Crippen LogP contribution in [0.15, 0.2) is 0 Å². The summed E-state index contributed by atoms with van der Waals surface area (Å²) in [6.45, 7) is 5.93. The van der Waals surface area contributed by atoms with Gasteiger partial charge in [0.2, 0.25) is 0 Å². The Kier molecular flexibility index (Phi) is 4.39. The average Bonchev–Trinajstić information content (AvgIpc) is 2.69. The first kappa shape index (κ1) is 16.7. The summed E-state index contributed by atoms with van der Waals surface area (Å²) in [6, 6.07) is 0. The van der Waals surface area contributed by atoms with E-state index in [2.05, 4.69) is 10.3 Å². The van der Waals surface area contributed by atoms with Crippen LogP contribution in [-0.2, 0) is 23.1 Å². The summed E-state index contributed by atoms with van der Waals surface area (Å²) in [5.41, 5.74) is -1.63. The van der Waals surface area contributed by atoms with Gasteiger partial charge in [-0.2, -0.15) is 13.2 Å². The van der Waals surface area contributed by atoms with Crippen LogP contribution >= 0.6 is 11.3 Å². The molecule has 0 bridgehead atoms. The number of rotatable bonds is 4. The minimum atomic E-state index is -4.43. The monoisotopic (exact) mass is 322 g/mol. The van der Waals surface area contributed by atoms with Crippen LogP contribution in [0.5, 0.6) is 0 Å². The summed E-state index contributed by atoms with van der Waals surface area (Å²) in [5.74, 6) is 0. The summed E-state index contributed by atoms with van der Waals surface area (Å²) in [4.78, 5) is 4.11. The van der Waals surface area contributed by atoms with E-state index in [-0.39, 0.29) is 17.0 Å². The molecule has 0 amide bonds. The van der Waals surface area contributed by atoms with Gasteiger partial charge in [-0.15, -0.1) is 11.3 Å². The summed E-state index contributed by atoms with van der Waals surface area (Å²) in [7, 11) is 1.54. The Balaban J connectivity index is 2.32. The highest BCUT2D eigenvalue weighted by Gasteiger charge is 2.45. The number of hydrogen-bond acceptors (Lipinski definition) is 4. The van der Waals surface area contributed by atoms with E-state index in [0.717, 1.165) is 30.6 Å². The Labute approximate surface area is 126 Å². The highest BCUT2D eigenvalue weighted by molar-refractivity contribution is 7.11. The van der Waals surface area contributed by atoms with Crippen LogP contribution in [0.3, 0.4) is 0 Å². The number of nitrogens with zero attached hydrogens (tertiary/aromatic N) is 1. The fourth-order valence-corrected chi connectivity index (χ4v) is 3.48. The number of methoxy groups -OCH3 is 1. The van der Waals surface area contributed by atoms with Gasteiger partial charge < -0.3 is 10.1 Å². The maximum Gasteiger partial charge on any atom is 0.434 e. The van der Waals surface area contributed by atoms with Gasteiger partial charge in [0.15, 0.2) is 5.69 Å². The van der Waals surface area contributed by atoms with E-state index < -0.39 is 17.5 Å². The molecule has 0 unspecified atom stereocenters. The minimum absolute atomic E-state index is 0.163. The predicted octanol–water partition coefficient (Wildman–Crippen LogP) is 4.08. The third-order valence-corrected chi connectivity index (χ3v) is 4.93. The van der Waals surface area contributed by atoms with Gasteiger partial charge in [0.1, 0.15) is 10.6 Å². The number of aromatic nitrogens is 1. The Morgan fingerprint density at radius 1 is 1.29 bits per heavy atom. The quantitative estimate of drug-likeness (QED) is 0.907. The molecule has 7 heteroatoms. The van der Waals surface area contributed by atoms with E-state index in [4.69, 9.17) is 4.74 Å². The van der Waals surface area contributed by atoms with Crippen molar-refractivity contribution >= 4 is 11.3 Å². The molecule has 0 spiro atoms. The zero-order valence-electron chi connectivity index (χ0n) is 12.7. The van der Waals surface area contributed by atoms with Crippen LogP contribution in [0.4, 0.5) is 13.2 Å². The highest BCUT2D eigenvalue weighted by Crippen LogP contribution is 2.47. The highest BCUT2D eigenvalue weighted by atomic mass is 32.1. The molecule has 1 aromatic heterocycles. The molecule has 120 valence electrons. The molecule has 3 nitrogen and oxygen atoms in total. The Hall–Kier alpha value is -0.660. The Bertz CT molecular complexity index is 496. The van der Waals surface area contributed by atoms with E-state index in [1.807, 2.05) is 20.8 Å². The van der Waals surface area contributed by atoms with Gasteiger partial charge in [0.05, 0.1) is 4.88 Å². The predicted molar refractivity (Wildman–Crippen MR) is 76.2 cm³/mol. The Morgan fingerprint density at radius 2 is 1.90 bits per heavy atom. The van der Waals surface area contributed by atoms with Crippen LogP contribution < -0.4 is 5.32 Å². The summed E-state index contributed by atoms with van der Waals surface area (Å²) >= 11 is 1.12. The van der Waals surface area contributed by atoms with Crippen molar-refractivity contribution in [1.82, 2.24) is 10.3 Å². The molecule has 1 fully saturated rings. The van der Waals surface area contributed by atoms with E-state index in [1.54, 1.807) is 7.11 Å². The van der Waals surface area contributed by atoms with Crippen molar-refractivity contribution in [3.8, 4) is 0 Å². The molecule has 0 radical (unpaired) electrons. The molecule has 1 N–H and O–H groups in total. The first-order valence-corrected chi connectivity index (χ1v) is 7.77. The van der Waals surface area contributed by atoms with E-state index in [9.17, 15) is 13.2 Å². The fraction of sp³-hybridized carbons (Fsp3) is 0.786. The second-order valence-corrected chi connectivity index (χ2v) is 7.53. The van der Waals surface area contributed by atoms with Gasteiger partial charge in [0.25, 0.3) is 0 Å². The number of thiazole rings is 1. The van der Waals surface area contributed by atoms with Crippen LogP contribution in [0.2, 0.25) is 0 Å². The van der Waals surface area contributed by atoms with Crippen LogP contribution in [-0.4, -0.2) is 17.6 Å². The number of hydrogen-bond donors (Lipinski definition) is 1. The van der Waals surface area contributed by atoms with Gasteiger partial charge in [-0.3, -0.25) is 0 Å². The number of nitrogens with one attached hydrogen (secondary N) is 1. The van der Waals surface area contributed by atoms with Gasteiger partial charge >= 0.3 is 6.18 Å². The van der Waals surface area contributed by atoms with Gasteiger partial charge in [-0.1, -0.05) is 0 Å². The first-order valence-electron chi connectivity index (χ1n) is 6.95. The number of halogens is 3. The zero-order valence-corrected chi connectivity index (χ0v) is 13.5. The zero-order chi connectivity index (χ0) is 15.9. The van der Waals surface area contributed by atoms with E-state index >= 15 is 0 Å². The first-order chi connectivity index (χ1) is 9.57. The average molecular weight is 322 g/mol. The van der Waals surface area contributed by atoms with Crippen molar-refractivity contribution in [3.63, 3.8) is 0 Å². The van der Waals surface area contributed by atoms with Crippen molar-refractivity contribution in [2.24, 2.45) is 0 Å². The second kappa shape index (κ2) is 5.52. The normalized spacial score (nSPS) is 18.6. The molecule has 0 aromatic carbocycles. The lowest BCUT2D eigenvalue weighted by atomic mass is 9.80. The molecule has 1 aliphatic carbocycles. The summed E-state index contributed by atoms with van der Waals surface area (Å²) in [5, 5.41) is 3.55. The molecule has 1 aliphatic rings. The standard InChI is InChI=1S/C14H21F3N2OS/c1-12(2,3)18-8-9-10(14(15,16)17)19-11(21-9)13(20-4)6-5-7-13/h18H,5-8H2,1-4H3. The lowest BCUT2D eigenvalue weighted by Crippen LogP contribution is -2.36. The number of ether oxygens (including phenoxy) is 1. The van der Waals surface area contributed by atoms with E-state index in [0.29, 0.717) is 5.01 Å². The molecule has 1 aromatic rings. The molecular formula is C14H21F3N2OS. The summed E-state index contributed by atoms with van der Waals surface area (Å²) in [6.07, 6.45) is -1.99. The maximum atomic E-state index is 13.2. The maximum absolute atomic E-state index is 13.2. The van der Waals surface area contributed by atoms with Crippen molar-refractivity contribution < 1.29 is 17.9 Å². The van der Waals surface area contributed by atoms with Crippen molar-refractivity contribution in [3.05, 3.63) is 15.6 Å². The third kappa shape index (κ3) is 3.57. The van der Waals surface area contributed by atoms with Crippen LogP contribution in [0.25, 0.3) is 0 Å². The molecule has 1 heterocycles. The van der Waals surface area contributed by atoms with Crippen molar-refractivity contribution in [2.45, 2.75) is 63.9 Å². The number of alkyl halides is 3. The van der Waals surface area contributed by atoms with Crippen molar-refractivity contribution in [1.29, 1.82) is 0 Å². The largest absolute Gasteiger partial charge is 0.434 e.